The van der Waals surface area contributed by atoms with Crippen molar-refractivity contribution >= 4 is 22.7 Å². The number of rotatable bonds is 2. The van der Waals surface area contributed by atoms with E-state index >= 15 is 0 Å². The van der Waals surface area contributed by atoms with E-state index in [-0.39, 0.29) is 0 Å². The summed E-state index contributed by atoms with van der Waals surface area (Å²) in [7, 11) is 0. The molecule has 2 N–H and O–H groups in total. The van der Waals surface area contributed by atoms with Crippen LogP contribution in [0.2, 0.25) is 0 Å². The predicted molar refractivity (Wildman–Crippen MR) is 77.8 cm³/mol. The second kappa shape index (κ2) is 4.39. The summed E-state index contributed by atoms with van der Waals surface area (Å²) in [4.78, 5) is 12.1. The maximum Gasteiger partial charge on any atom is 0.229 e. The van der Waals surface area contributed by atoms with Gasteiger partial charge < -0.3 is 10.3 Å². The Morgan fingerprint density at radius 1 is 1.05 bits per heavy atom. The van der Waals surface area contributed by atoms with Gasteiger partial charge in [0.15, 0.2) is 0 Å². The molecule has 0 unspecified atom stereocenters. The standard InChI is InChI=1S/C15H16N4/c1-9-4-6-12(7-5-9)18-15-16-8-13-10(2)11(3)17-14(13)19-15/h4-8H,1-3H3,(H2,16,17,18,19). The number of nitrogens with zero attached hydrogens (tertiary/aromatic N) is 2. The van der Waals surface area contributed by atoms with Crippen LogP contribution in [0.1, 0.15) is 16.8 Å². The largest absolute Gasteiger partial charge is 0.343 e. The number of aromatic amines is 1. The van der Waals surface area contributed by atoms with Gasteiger partial charge in [0.1, 0.15) is 5.65 Å². The lowest BCUT2D eigenvalue weighted by atomic mass is 10.2. The number of anilines is 2. The van der Waals surface area contributed by atoms with Gasteiger partial charge in [0.2, 0.25) is 5.95 Å². The molecule has 0 aliphatic carbocycles. The highest BCUT2D eigenvalue weighted by Gasteiger charge is 2.07. The minimum Gasteiger partial charge on any atom is -0.343 e. The molecule has 0 atom stereocenters. The first-order valence-electron chi connectivity index (χ1n) is 6.29. The Bertz CT molecular complexity index is 726. The van der Waals surface area contributed by atoms with Crippen molar-refractivity contribution in [3.05, 3.63) is 47.3 Å². The Hall–Kier alpha value is -2.36. The zero-order valence-electron chi connectivity index (χ0n) is 11.3. The third kappa shape index (κ3) is 2.17. The monoisotopic (exact) mass is 252 g/mol. The second-order valence-electron chi connectivity index (χ2n) is 4.82. The van der Waals surface area contributed by atoms with Crippen LogP contribution >= 0.6 is 0 Å². The topological polar surface area (TPSA) is 53.6 Å². The lowest BCUT2D eigenvalue weighted by Crippen LogP contribution is -1.96. The first-order valence-corrected chi connectivity index (χ1v) is 6.29. The lowest BCUT2D eigenvalue weighted by Gasteiger charge is -2.04. The molecule has 2 aromatic heterocycles. The zero-order valence-corrected chi connectivity index (χ0v) is 11.3. The summed E-state index contributed by atoms with van der Waals surface area (Å²) in [6, 6.07) is 8.16. The van der Waals surface area contributed by atoms with Crippen molar-refractivity contribution in [2.24, 2.45) is 0 Å². The molecule has 1 aromatic carbocycles. The quantitative estimate of drug-likeness (QED) is 0.732. The number of aromatic nitrogens is 3. The van der Waals surface area contributed by atoms with Crippen molar-refractivity contribution < 1.29 is 0 Å². The van der Waals surface area contributed by atoms with E-state index in [1.54, 1.807) is 0 Å². The minimum atomic E-state index is 0.609. The smallest absolute Gasteiger partial charge is 0.229 e. The molecule has 0 bridgehead atoms. The number of nitrogens with one attached hydrogen (secondary N) is 2. The van der Waals surface area contributed by atoms with Crippen LogP contribution in [0.15, 0.2) is 30.5 Å². The highest BCUT2D eigenvalue weighted by atomic mass is 15.1. The third-order valence-corrected chi connectivity index (χ3v) is 3.37. The van der Waals surface area contributed by atoms with E-state index in [0.717, 1.165) is 22.4 Å². The van der Waals surface area contributed by atoms with Crippen molar-refractivity contribution in [2.75, 3.05) is 5.32 Å². The van der Waals surface area contributed by atoms with E-state index in [4.69, 9.17) is 0 Å². The van der Waals surface area contributed by atoms with Crippen molar-refractivity contribution in [3.8, 4) is 0 Å². The molecule has 0 amide bonds. The molecule has 19 heavy (non-hydrogen) atoms. The van der Waals surface area contributed by atoms with E-state index in [9.17, 15) is 0 Å². The molecule has 4 nitrogen and oxygen atoms in total. The Balaban J connectivity index is 1.95. The van der Waals surface area contributed by atoms with E-state index < -0.39 is 0 Å². The van der Waals surface area contributed by atoms with Crippen LogP contribution in [0, 0.1) is 20.8 Å². The Morgan fingerprint density at radius 3 is 2.53 bits per heavy atom. The van der Waals surface area contributed by atoms with E-state index in [2.05, 4.69) is 46.2 Å². The molecule has 2 heterocycles. The van der Waals surface area contributed by atoms with E-state index in [1.165, 1.54) is 11.1 Å². The predicted octanol–water partition coefficient (Wildman–Crippen LogP) is 3.63. The van der Waals surface area contributed by atoms with Gasteiger partial charge in [0, 0.05) is 23.0 Å². The van der Waals surface area contributed by atoms with Gasteiger partial charge in [0.05, 0.1) is 0 Å². The van der Waals surface area contributed by atoms with E-state index in [0.29, 0.717) is 5.95 Å². The van der Waals surface area contributed by atoms with Crippen molar-refractivity contribution in [3.63, 3.8) is 0 Å². The van der Waals surface area contributed by atoms with Crippen LogP contribution in [0.25, 0.3) is 11.0 Å². The van der Waals surface area contributed by atoms with Crippen molar-refractivity contribution in [1.82, 2.24) is 15.0 Å². The van der Waals surface area contributed by atoms with Crippen LogP contribution in [0.4, 0.5) is 11.6 Å². The second-order valence-corrected chi connectivity index (χ2v) is 4.82. The van der Waals surface area contributed by atoms with Crippen LogP contribution in [-0.4, -0.2) is 15.0 Å². The summed E-state index contributed by atoms with van der Waals surface area (Å²) in [5, 5.41) is 4.29. The summed E-state index contributed by atoms with van der Waals surface area (Å²) in [6.45, 7) is 6.19. The van der Waals surface area contributed by atoms with Gasteiger partial charge in [-0.15, -0.1) is 0 Å². The van der Waals surface area contributed by atoms with Gasteiger partial charge in [-0.25, -0.2) is 4.98 Å². The van der Waals surface area contributed by atoms with Crippen molar-refractivity contribution in [1.29, 1.82) is 0 Å². The highest BCUT2D eigenvalue weighted by Crippen LogP contribution is 2.21. The number of fused-ring (bicyclic) bond motifs is 1. The average Bonchev–Trinajstić information content (AvgIpc) is 2.68. The summed E-state index contributed by atoms with van der Waals surface area (Å²) in [5.74, 6) is 0.609. The molecular weight excluding hydrogens is 236 g/mol. The summed E-state index contributed by atoms with van der Waals surface area (Å²) < 4.78 is 0. The number of benzene rings is 1. The number of hydrogen-bond acceptors (Lipinski definition) is 3. The Labute approximate surface area is 111 Å². The maximum absolute atomic E-state index is 4.50. The van der Waals surface area contributed by atoms with Gasteiger partial charge in [-0.2, -0.15) is 4.98 Å². The first kappa shape index (κ1) is 11.7. The molecular formula is C15H16N4. The fourth-order valence-electron chi connectivity index (χ4n) is 2.05. The normalized spacial score (nSPS) is 10.9. The fraction of sp³-hybridized carbons (Fsp3) is 0.200. The Kier molecular flexibility index (Phi) is 2.71. The van der Waals surface area contributed by atoms with Gasteiger partial charge in [-0.3, -0.25) is 0 Å². The molecule has 4 heteroatoms. The highest BCUT2D eigenvalue weighted by molar-refractivity contribution is 5.81. The van der Waals surface area contributed by atoms with Crippen LogP contribution in [-0.2, 0) is 0 Å². The molecule has 0 saturated heterocycles. The molecule has 0 aliphatic rings. The summed E-state index contributed by atoms with van der Waals surface area (Å²) in [5.41, 5.74) is 5.44. The van der Waals surface area contributed by atoms with Crippen LogP contribution in [0.3, 0.4) is 0 Å². The molecule has 0 fully saturated rings. The fourth-order valence-corrected chi connectivity index (χ4v) is 2.05. The summed E-state index contributed by atoms with van der Waals surface area (Å²) in [6.07, 6.45) is 1.86. The molecule has 0 saturated carbocycles. The maximum atomic E-state index is 4.50. The SMILES string of the molecule is Cc1ccc(Nc2ncc3c(C)c(C)[nH]c3n2)cc1. The zero-order chi connectivity index (χ0) is 13.4. The van der Waals surface area contributed by atoms with Gasteiger partial charge in [-0.05, 0) is 38.5 Å². The Morgan fingerprint density at radius 2 is 1.79 bits per heavy atom. The van der Waals surface area contributed by atoms with Crippen LogP contribution < -0.4 is 5.32 Å². The molecule has 0 aliphatic heterocycles. The average molecular weight is 252 g/mol. The molecule has 96 valence electrons. The molecule has 0 radical (unpaired) electrons. The van der Waals surface area contributed by atoms with E-state index in [1.807, 2.05) is 25.3 Å². The number of hydrogen-bond donors (Lipinski definition) is 2. The number of H-pyrrole nitrogens is 1. The number of aryl methyl sites for hydroxylation is 3. The molecule has 3 aromatic rings. The summed E-state index contributed by atoms with van der Waals surface area (Å²) >= 11 is 0. The lowest BCUT2D eigenvalue weighted by molar-refractivity contribution is 1.18. The van der Waals surface area contributed by atoms with Gasteiger partial charge >= 0.3 is 0 Å². The van der Waals surface area contributed by atoms with Crippen LogP contribution in [0.5, 0.6) is 0 Å². The molecule has 3 rings (SSSR count). The van der Waals surface area contributed by atoms with Gasteiger partial charge in [0.25, 0.3) is 0 Å². The molecule has 0 spiro atoms. The van der Waals surface area contributed by atoms with Crippen molar-refractivity contribution in [2.45, 2.75) is 20.8 Å². The van der Waals surface area contributed by atoms with Gasteiger partial charge in [-0.1, -0.05) is 17.7 Å². The third-order valence-electron chi connectivity index (χ3n) is 3.37. The first-order chi connectivity index (χ1) is 9.13. The minimum absolute atomic E-state index is 0.609.